The molecule has 1 aliphatic heterocycles. The lowest BCUT2D eigenvalue weighted by atomic mass is 10.0. The Balaban J connectivity index is 0.00000462. The van der Waals surface area contributed by atoms with Crippen LogP contribution >= 0.6 is 17.0 Å². The van der Waals surface area contributed by atoms with E-state index in [9.17, 15) is 18.0 Å². The molecule has 0 unspecified atom stereocenters. The Labute approximate surface area is 252 Å². The summed E-state index contributed by atoms with van der Waals surface area (Å²) in [7, 11) is -3.70. The van der Waals surface area contributed by atoms with Gasteiger partial charge in [-0.25, -0.2) is 13.2 Å². The molecule has 2 N–H and O–H groups in total. The number of ether oxygens (including phenoxy) is 1. The van der Waals surface area contributed by atoms with E-state index in [1.165, 1.54) is 18.2 Å². The van der Waals surface area contributed by atoms with Gasteiger partial charge in [0.05, 0.1) is 18.1 Å². The third-order valence-corrected chi connectivity index (χ3v) is 8.12. The fraction of sp³-hybridized carbons (Fsp3) is 0.290. The fourth-order valence-electron chi connectivity index (χ4n) is 4.42. The summed E-state index contributed by atoms with van der Waals surface area (Å²) in [5.74, 6) is -0.384. The number of aryl methyl sites for hydroxylation is 1. The lowest BCUT2D eigenvalue weighted by Crippen LogP contribution is -2.55. The van der Waals surface area contributed by atoms with Crippen LogP contribution in [0, 0.1) is 0 Å². The van der Waals surface area contributed by atoms with Crippen molar-refractivity contribution in [2.24, 2.45) is 0 Å². The molecule has 3 aromatic carbocycles. The topological polar surface area (TPSA) is 105 Å². The summed E-state index contributed by atoms with van der Waals surface area (Å²) in [4.78, 5) is 28.4. The number of hydrogen-bond acceptors (Lipinski definition) is 5. The predicted molar refractivity (Wildman–Crippen MR) is 165 cm³/mol. The van der Waals surface area contributed by atoms with Crippen LogP contribution in [-0.2, 0) is 32.2 Å². The molecule has 0 aromatic heterocycles. The van der Waals surface area contributed by atoms with Crippen LogP contribution in [0.2, 0.25) is 0 Å². The molecular formula is C31H36BrN3O5S. The van der Waals surface area contributed by atoms with Crippen molar-refractivity contribution in [3.8, 4) is 0 Å². The minimum Gasteiger partial charge on any atom is -0.378 e. The lowest BCUT2D eigenvalue weighted by molar-refractivity contribution is -0.123. The first-order valence-electron chi connectivity index (χ1n) is 13.4. The van der Waals surface area contributed by atoms with Crippen LogP contribution in [-0.4, -0.2) is 63.6 Å². The van der Waals surface area contributed by atoms with Gasteiger partial charge in [0, 0.05) is 31.0 Å². The molecule has 41 heavy (non-hydrogen) atoms. The number of halogens is 1. The molecule has 2 atom stereocenters. The zero-order valence-corrected chi connectivity index (χ0v) is 25.3. The van der Waals surface area contributed by atoms with Gasteiger partial charge in [0.2, 0.25) is 5.91 Å². The number of nitrogens with one attached hydrogen (secondary N) is 2. The minimum atomic E-state index is -3.70. The number of carbonyl (C=O) groups is 2. The van der Waals surface area contributed by atoms with E-state index in [4.69, 9.17) is 4.74 Å². The molecule has 3 aromatic rings. The summed E-state index contributed by atoms with van der Waals surface area (Å²) < 4.78 is 31.2. The van der Waals surface area contributed by atoms with Gasteiger partial charge >= 0.3 is 6.03 Å². The maximum atomic E-state index is 13.6. The second-order valence-corrected chi connectivity index (χ2v) is 11.5. The van der Waals surface area contributed by atoms with E-state index in [1.807, 2.05) is 60.7 Å². The number of hydrogen-bond donors (Lipinski definition) is 2. The second-order valence-electron chi connectivity index (χ2n) is 9.62. The minimum absolute atomic E-state index is 0. The molecule has 0 bridgehead atoms. The van der Waals surface area contributed by atoms with Crippen LogP contribution in [0.15, 0.2) is 107 Å². The second kappa shape index (κ2) is 16.1. The van der Waals surface area contributed by atoms with Crippen LogP contribution in [0.5, 0.6) is 0 Å². The van der Waals surface area contributed by atoms with E-state index < -0.39 is 21.9 Å². The van der Waals surface area contributed by atoms with Gasteiger partial charge in [-0.2, -0.15) is 0 Å². The zero-order valence-electron chi connectivity index (χ0n) is 22.7. The first kappa shape index (κ1) is 32.0. The predicted octanol–water partition coefficient (Wildman–Crippen LogP) is 4.32. The molecule has 1 saturated heterocycles. The molecule has 1 fully saturated rings. The summed E-state index contributed by atoms with van der Waals surface area (Å²) in [6.07, 6.45) is 2.92. The van der Waals surface area contributed by atoms with Gasteiger partial charge in [-0.3, -0.25) is 4.79 Å². The van der Waals surface area contributed by atoms with Crippen LogP contribution in [0.3, 0.4) is 0 Å². The fourth-order valence-corrected chi connectivity index (χ4v) is 5.51. The number of carbonyl (C=O) groups excluding carboxylic acids is 2. The molecule has 3 amide bonds. The number of rotatable bonds is 11. The number of benzene rings is 3. The van der Waals surface area contributed by atoms with Gasteiger partial charge in [0.1, 0.15) is 6.04 Å². The Hall–Kier alpha value is -3.47. The van der Waals surface area contributed by atoms with E-state index >= 15 is 0 Å². The maximum Gasteiger partial charge on any atom is 0.318 e. The van der Waals surface area contributed by atoms with E-state index in [2.05, 4.69) is 10.6 Å². The van der Waals surface area contributed by atoms with Crippen LogP contribution in [0.4, 0.5) is 4.79 Å². The number of morpholine rings is 1. The monoisotopic (exact) mass is 641 g/mol. The summed E-state index contributed by atoms with van der Waals surface area (Å²) in [6.45, 7) is 1.80. The van der Waals surface area contributed by atoms with Gasteiger partial charge in [-0.1, -0.05) is 84.9 Å². The number of urea groups is 1. The first-order chi connectivity index (χ1) is 19.4. The maximum absolute atomic E-state index is 13.6. The molecule has 0 aliphatic carbocycles. The van der Waals surface area contributed by atoms with E-state index in [1.54, 1.807) is 23.1 Å². The summed E-state index contributed by atoms with van der Waals surface area (Å²) in [5, 5.41) is 7.03. The molecule has 0 spiro atoms. The van der Waals surface area contributed by atoms with Crippen molar-refractivity contribution in [1.29, 1.82) is 0 Å². The third-order valence-electron chi connectivity index (χ3n) is 6.67. The zero-order chi connectivity index (χ0) is 28.2. The number of sulfone groups is 1. The van der Waals surface area contributed by atoms with Gasteiger partial charge < -0.3 is 20.3 Å². The Morgan fingerprint density at radius 1 is 0.829 bits per heavy atom. The van der Waals surface area contributed by atoms with Crippen molar-refractivity contribution < 1.29 is 22.7 Å². The van der Waals surface area contributed by atoms with Crippen LogP contribution in [0.25, 0.3) is 0 Å². The van der Waals surface area contributed by atoms with E-state index in [0.717, 1.165) is 16.5 Å². The average molecular weight is 643 g/mol. The normalized spacial score (nSPS) is 15.0. The third kappa shape index (κ3) is 10.1. The quantitative estimate of drug-likeness (QED) is 0.324. The average Bonchev–Trinajstić information content (AvgIpc) is 3.00. The van der Waals surface area contributed by atoms with Gasteiger partial charge in [-0.15, -0.1) is 17.0 Å². The molecule has 8 nitrogen and oxygen atoms in total. The largest absolute Gasteiger partial charge is 0.378 e. The Bertz CT molecular complexity index is 1370. The van der Waals surface area contributed by atoms with Crippen molar-refractivity contribution >= 4 is 38.8 Å². The highest BCUT2D eigenvalue weighted by molar-refractivity contribution is 8.93. The molecule has 1 heterocycles. The highest BCUT2D eigenvalue weighted by atomic mass is 79.9. The van der Waals surface area contributed by atoms with Gasteiger partial charge in [-0.05, 0) is 36.1 Å². The molecule has 0 radical (unpaired) electrons. The van der Waals surface area contributed by atoms with Crippen molar-refractivity contribution in [3.05, 3.63) is 114 Å². The molecule has 218 valence electrons. The molecule has 10 heteroatoms. The van der Waals surface area contributed by atoms with Crippen molar-refractivity contribution in [2.75, 3.05) is 26.3 Å². The standard InChI is InChI=1S/C31H35N3O5S.BrH/c35-30(29(24-26-12-6-2-7-13-26)33-31(36)34-19-21-39-22-20-34)32-27(17-16-25-10-4-1-5-11-25)18-23-40(37,38)28-14-8-3-9-15-28;/h1-15,18,23,27,29H,16-17,19-22,24H2,(H,32,35)(H,33,36);1H/b23-18+;/t27-,29-;/m0./s1. The smallest absolute Gasteiger partial charge is 0.318 e. The Morgan fingerprint density at radius 2 is 1.39 bits per heavy atom. The van der Waals surface area contributed by atoms with Crippen LogP contribution in [0.1, 0.15) is 17.5 Å². The van der Waals surface area contributed by atoms with Gasteiger partial charge in [0.15, 0.2) is 9.84 Å². The number of amides is 3. The Morgan fingerprint density at radius 3 is 2.00 bits per heavy atom. The van der Waals surface area contributed by atoms with E-state index in [0.29, 0.717) is 45.6 Å². The first-order valence-corrected chi connectivity index (χ1v) is 14.9. The summed E-state index contributed by atoms with van der Waals surface area (Å²) >= 11 is 0. The lowest BCUT2D eigenvalue weighted by Gasteiger charge is -2.29. The SMILES string of the molecule is Br.O=C(N[C@H](/C=C/S(=O)(=O)c1ccccc1)CCc1ccccc1)[C@H](Cc1ccccc1)NC(=O)N1CCOCC1. The summed E-state index contributed by atoms with van der Waals surface area (Å²) in [5.41, 5.74) is 1.97. The highest BCUT2D eigenvalue weighted by Gasteiger charge is 2.26. The van der Waals surface area contributed by atoms with E-state index in [-0.39, 0.29) is 33.8 Å². The molecule has 0 saturated carbocycles. The highest BCUT2D eigenvalue weighted by Crippen LogP contribution is 2.14. The Kier molecular flexibility index (Phi) is 12.6. The van der Waals surface area contributed by atoms with Crippen molar-refractivity contribution in [1.82, 2.24) is 15.5 Å². The van der Waals surface area contributed by atoms with Crippen molar-refractivity contribution in [2.45, 2.75) is 36.2 Å². The molecule has 4 rings (SSSR count). The molecular weight excluding hydrogens is 606 g/mol. The van der Waals surface area contributed by atoms with Gasteiger partial charge in [0.25, 0.3) is 0 Å². The van der Waals surface area contributed by atoms with Crippen molar-refractivity contribution in [3.63, 3.8) is 0 Å². The summed E-state index contributed by atoms with van der Waals surface area (Å²) in [6, 6.07) is 25.7. The van der Waals surface area contributed by atoms with Crippen LogP contribution < -0.4 is 10.6 Å². The number of nitrogens with zero attached hydrogens (tertiary/aromatic N) is 1. The molecule has 1 aliphatic rings.